The molecular weight excluding hydrogens is 910 g/mol. The Bertz CT molecular complexity index is 2710. The van der Waals surface area contributed by atoms with Crippen molar-refractivity contribution >= 4 is 99.8 Å². The van der Waals surface area contributed by atoms with E-state index in [-0.39, 0.29) is 140 Å². The summed E-state index contributed by atoms with van der Waals surface area (Å²) in [5.74, 6) is -0.993. The largest absolute Gasteiger partial charge is 1.00 e. The molecule has 32 heteroatoms. The van der Waals surface area contributed by atoms with Gasteiger partial charge in [0.05, 0.1) is 48.7 Å². The molecule has 0 unspecified atom stereocenters. The Morgan fingerprint density at radius 2 is 1.17 bits per heavy atom. The molecule has 0 fully saturated rings. The number of anilines is 6. The molecule has 59 heavy (non-hydrogen) atoms. The number of benzene rings is 4. The standard InChI is InChI=1S/C27H22FN11O12S4.4Na/c28-25-33-26(35-27(34-25)32-14-5-1-3-7-19(14)53(41,42)43)31-13-9-10-18(52-51-50-40)16(11-13)37-39-24-22(29)17(12-21(23(24)30)55(47,48)49)38-36-15-6-2-4-8-20(15)54(44,45)46;;;;/h1-12,40H,29-30H2,(H,41,42,43)(H,44,45,46)(H,47,48,49)(H2,31,32,33,34,35);;;;/q;4*+1/p-4. The van der Waals surface area contributed by atoms with E-state index in [1.165, 1.54) is 48.5 Å². The molecule has 0 bridgehead atoms. The van der Waals surface area contributed by atoms with Gasteiger partial charge in [0.25, 0.3) is 0 Å². The van der Waals surface area contributed by atoms with Gasteiger partial charge >= 0.3 is 124 Å². The SMILES string of the molecule is Nc1c(N=Nc2ccccc2S(=O)(=O)[O-])cc(S(=O)(=O)[O-])c(N)c1N=Nc1cc(Nc2nc(F)nc(Nc3ccccc3S(=O)(=O)[O-])n2)ccc1SOO[O-].[Na+].[Na+].[Na+].[Na+]. The summed E-state index contributed by atoms with van der Waals surface area (Å²) >= 11 is 0.316. The van der Waals surface area contributed by atoms with E-state index in [1.54, 1.807) is 0 Å². The Hall–Kier alpha value is -1.82. The van der Waals surface area contributed by atoms with E-state index in [0.29, 0.717) is 18.1 Å². The van der Waals surface area contributed by atoms with Crippen molar-refractivity contribution in [3.63, 3.8) is 0 Å². The third kappa shape index (κ3) is 14.9. The fourth-order valence-electron chi connectivity index (χ4n) is 4.32. The monoisotopic (exact) mass is 927 g/mol. The van der Waals surface area contributed by atoms with Gasteiger partial charge in [-0.25, -0.2) is 25.3 Å². The molecular formula is C27H18FN11Na4O12S4. The maximum Gasteiger partial charge on any atom is 1.00 e. The summed E-state index contributed by atoms with van der Waals surface area (Å²) in [5, 5.41) is 34.2. The molecule has 0 saturated carbocycles. The molecule has 288 valence electrons. The van der Waals surface area contributed by atoms with E-state index in [1.807, 2.05) is 0 Å². The number of aromatic nitrogens is 3. The van der Waals surface area contributed by atoms with Crippen LogP contribution in [0.1, 0.15) is 0 Å². The summed E-state index contributed by atoms with van der Waals surface area (Å²) in [5.41, 5.74) is 8.59. The first-order valence-corrected chi connectivity index (χ1v) is 19.2. The van der Waals surface area contributed by atoms with Gasteiger partial charge in [0.15, 0.2) is 0 Å². The number of nitrogens with two attached hydrogens (primary N) is 2. The van der Waals surface area contributed by atoms with Crippen LogP contribution in [0.15, 0.2) is 113 Å². The van der Waals surface area contributed by atoms with E-state index >= 15 is 0 Å². The second-order valence-corrected chi connectivity index (χ2v) is 15.0. The second kappa shape index (κ2) is 23.6. The zero-order chi connectivity index (χ0) is 40.1. The predicted octanol–water partition coefficient (Wildman–Crippen LogP) is -8.55. The Labute approximate surface area is 426 Å². The van der Waals surface area contributed by atoms with Gasteiger partial charge in [0, 0.05) is 5.69 Å². The molecule has 4 aromatic carbocycles. The van der Waals surface area contributed by atoms with Crippen LogP contribution in [0.3, 0.4) is 0 Å². The second-order valence-electron chi connectivity index (χ2n) is 10.2. The summed E-state index contributed by atoms with van der Waals surface area (Å²) in [6.45, 7) is 0. The van der Waals surface area contributed by atoms with Crippen LogP contribution >= 0.6 is 12.0 Å². The first-order valence-electron chi connectivity index (χ1n) is 14.2. The number of azo groups is 2. The van der Waals surface area contributed by atoms with Crippen LogP contribution in [-0.2, 0) is 39.7 Å². The predicted molar refractivity (Wildman–Crippen MR) is 181 cm³/mol. The van der Waals surface area contributed by atoms with Gasteiger partial charge in [-0.15, -0.1) is 20.5 Å². The molecule has 0 saturated heterocycles. The molecule has 0 spiro atoms. The topological polar surface area (TPSA) is 377 Å². The average Bonchev–Trinajstić information content (AvgIpc) is 3.09. The maximum atomic E-state index is 14.4. The van der Waals surface area contributed by atoms with Gasteiger partial charge in [-0.2, -0.15) is 23.7 Å². The fraction of sp³-hybridized carbons (Fsp3) is 0. The van der Waals surface area contributed by atoms with Gasteiger partial charge < -0.3 is 41.0 Å². The molecule has 0 aliphatic rings. The summed E-state index contributed by atoms with van der Waals surface area (Å²) in [7, 11) is -15.3. The maximum absolute atomic E-state index is 14.4. The van der Waals surface area contributed by atoms with Crippen LogP contribution in [0.2, 0.25) is 0 Å². The minimum atomic E-state index is -5.36. The van der Waals surface area contributed by atoms with Crippen LogP contribution in [-0.4, -0.2) is 53.9 Å². The zero-order valence-corrected chi connectivity index (χ0v) is 41.9. The molecule has 0 atom stereocenters. The van der Waals surface area contributed by atoms with E-state index < -0.39 is 91.5 Å². The third-order valence-corrected chi connectivity index (χ3v) is 9.93. The van der Waals surface area contributed by atoms with Crippen molar-refractivity contribution in [2.75, 3.05) is 22.1 Å². The minimum absolute atomic E-state index is 0. The quantitative estimate of drug-likeness (QED) is 0.0153. The molecule has 1 aromatic heterocycles. The van der Waals surface area contributed by atoms with Gasteiger partial charge in [0.1, 0.15) is 53.1 Å². The molecule has 0 radical (unpaired) electrons. The normalized spacial score (nSPS) is 11.5. The van der Waals surface area contributed by atoms with Crippen molar-refractivity contribution in [3.05, 3.63) is 78.9 Å². The van der Waals surface area contributed by atoms with Gasteiger partial charge in [-0.3, -0.25) is 5.04 Å². The zero-order valence-electron chi connectivity index (χ0n) is 30.6. The van der Waals surface area contributed by atoms with Crippen molar-refractivity contribution in [2.24, 2.45) is 20.5 Å². The summed E-state index contributed by atoms with van der Waals surface area (Å²) in [4.78, 5) is 8.35. The van der Waals surface area contributed by atoms with Crippen molar-refractivity contribution in [1.82, 2.24) is 15.0 Å². The molecule has 0 aliphatic heterocycles. The van der Waals surface area contributed by atoms with Crippen molar-refractivity contribution in [1.29, 1.82) is 0 Å². The number of halogens is 1. The van der Waals surface area contributed by atoms with E-state index in [2.05, 4.69) is 55.4 Å². The Morgan fingerprint density at radius 3 is 1.78 bits per heavy atom. The van der Waals surface area contributed by atoms with E-state index in [4.69, 9.17) is 11.5 Å². The third-order valence-electron chi connectivity index (χ3n) is 6.62. The number of hydrogen-bond acceptors (Lipinski definition) is 24. The van der Waals surface area contributed by atoms with Gasteiger partial charge in [0.2, 0.25) is 11.9 Å². The number of nitrogens with one attached hydrogen (secondary N) is 2. The number of para-hydroxylation sites is 1. The van der Waals surface area contributed by atoms with Crippen molar-refractivity contribution in [3.8, 4) is 0 Å². The molecule has 0 aliphatic carbocycles. The molecule has 0 amide bonds. The van der Waals surface area contributed by atoms with Crippen LogP contribution in [0.4, 0.5) is 61.8 Å². The Kier molecular flexibility index (Phi) is 22.1. The van der Waals surface area contributed by atoms with Gasteiger partial charge in [-0.05, 0) is 48.5 Å². The fourth-order valence-corrected chi connectivity index (χ4v) is 6.59. The first kappa shape index (κ1) is 55.2. The van der Waals surface area contributed by atoms with Crippen LogP contribution in [0.5, 0.6) is 0 Å². The number of rotatable bonds is 14. The summed E-state index contributed by atoms with van der Waals surface area (Å²) < 4.78 is 125. The van der Waals surface area contributed by atoms with Crippen LogP contribution in [0, 0.1) is 6.08 Å². The number of nitrogen functional groups attached to an aromatic ring is 2. The Morgan fingerprint density at radius 1 is 0.627 bits per heavy atom. The molecule has 1 heterocycles. The molecule has 6 N–H and O–H groups in total. The first-order chi connectivity index (χ1) is 25.8. The van der Waals surface area contributed by atoms with Crippen molar-refractivity contribution in [2.45, 2.75) is 19.6 Å². The average molecular weight is 928 g/mol. The smallest absolute Gasteiger partial charge is 0.744 e. The van der Waals surface area contributed by atoms with Crippen LogP contribution in [0.25, 0.3) is 0 Å². The Balaban J connectivity index is 0.00000435. The minimum Gasteiger partial charge on any atom is -0.744 e. The summed E-state index contributed by atoms with van der Waals surface area (Å²) in [6, 6.07) is 13.9. The van der Waals surface area contributed by atoms with Crippen LogP contribution < -0.4 is 146 Å². The van der Waals surface area contributed by atoms with Crippen molar-refractivity contribution < 1.29 is 176 Å². The summed E-state index contributed by atoms with van der Waals surface area (Å²) in [6.07, 6.45) is -1.35. The molecule has 5 rings (SSSR count). The number of nitrogens with zero attached hydrogens (tertiary/aromatic N) is 7. The van der Waals surface area contributed by atoms with E-state index in [9.17, 15) is 48.6 Å². The number of hydrogen-bond donors (Lipinski definition) is 4. The molecule has 5 aromatic rings. The van der Waals surface area contributed by atoms with E-state index in [0.717, 1.165) is 18.2 Å². The van der Waals surface area contributed by atoms with Gasteiger partial charge in [-0.1, -0.05) is 24.3 Å². The molecule has 23 nitrogen and oxygen atoms in total.